The minimum Gasteiger partial charge on any atom is -0.341 e. The molecule has 0 saturated carbocycles. The molecule has 0 aromatic carbocycles. The van der Waals surface area contributed by atoms with Gasteiger partial charge in [-0.05, 0) is 44.8 Å². The fraction of sp³-hybridized carbons (Fsp3) is 0.929. The zero-order valence-corrected chi connectivity index (χ0v) is 11.8. The Hall–Kier alpha value is -0.610. The zero-order chi connectivity index (χ0) is 13.0. The lowest BCUT2D eigenvalue weighted by Gasteiger charge is -2.39. The maximum Gasteiger partial charge on any atom is 0.228 e. The Bertz CT molecular complexity index is 277. The van der Waals surface area contributed by atoms with Crippen LogP contribution in [0.1, 0.15) is 33.1 Å². The van der Waals surface area contributed by atoms with Crippen molar-refractivity contribution in [2.75, 3.05) is 39.3 Å². The van der Waals surface area contributed by atoms with Gasteiger partial charge in [0.05, 0.1) is 0 Å². The van der Waals surface area contributed by atoms with E-state index < -0.39 is 0 Å². The van der Waals surface area contributed by atoms with E-state index in [2.05, 4.69) is 29.4 Å². The van der Waals surface area contributed by atoms with Crippen molar-refractivity contribution in [1.82, 2.24) is 15.5 Å². The first-order valence-electron chi connectivity index (χ1n) is 7.33. The van der Waals surface area contributed by atoms with Gasteiger partial charge in [-0.3, -0.25) is 4.79 Å². The highest BCUT2D eigenvalue weighted by atomic mass is 16.2. The monoisotopic (exact) mass is 253 g/mol. The van der Waals surface area contributed by atoms with Crippen LogP contribution in [-0.2, 0) is 4.79 Å². The maximum atomic E-state index is 12.7. The van der Waals surface area contributed by atoms with Crippen LogP contribution in [0.5, 0.6) is 0 Å². The van der Waals surface area contributed by atoms with Crippen molar-refractivity contribution in [2.24, 2.45) is 11.3 Å². The van der Waals surface area contributed by atoms with E-state index in [1.807, 2.05) is 0 Å². The average Bonchev–Trinajstić information content (AvgIpc) is 2.67. The molecule has 4 nitrogen and oxygen atoms in total. The Morgan fingerprint density at radius 3 is 2.61 bits per heavy atom. The molecule has 2 heterocycles. The minimum atomic E-state index is -0.224. The summed E-state index contributed by atoms with van der Waals surface area (Å²) in [6.45, 7) is 10.1. The van der Waals surface area contributed by atoms with Crippen LogP contribution < -0.4 is 10.6 Å². The second-order valence-electron chi connectivity index (χ2n) is 6.16. The molecular formula is C14H27N3O. The number of hydrogen-bond acceptors (Lipinski definition) is 3. The molecule has 0 aliphatic carbocycles. The van der Waals surface area contributed by atoms with E-state index in [1.54, 1.807) is 0 Å². The van der Waals surface area contributed by atoms with Gasteiger partial charge in [0.25, 0.3) is 0 Å². The fourth-order valence-electron chi connectivity index (χ4n) is 3.10. The summed E-state index contributed by atoms with van der Waals surface area (Å²) in [5.74, 6) is 0.829. The number of piperidine rings is 1. The number of nitrogens with zero attached hydrogens (tertiary/aromatic N) is 1. The Morgan fingerprint density at radius 2 is 1.89 bits per heavy atom. The quantitative estimate of drug-likeness (QED) is 0.766. The predicted octanol–water partition coefficient (Wildman–Crippen LogP) is 0.834. The van der Waals surface area contributed by atoms with Gasteiger partial charge < -0.3 is 15.5 Å². The van der Waals surface area contributed by atoms with E-state index in [1.165, 1.54) is 12.8 Å². The Balaban J connectivity index is 2.00. The van der Waals surface area contributed by atoms with Gasteiger partial charge in [0.15, 0.2) is 0 Å². The van der Waals surface area contributed by atoms with Crippen molar-refractivity contribution < 1.29 is 4.79 Å². The predicted molar refractivity (Wildman–Crippen MR) is 73.4 cm³/mol. The normalized spacial score (nSPS) is 26.8. The molecule has 2 aliphatic heterocycles. The number of carbonyl (C=O) groups is 1. The molecule has 2 aliphatic rings. The average molecular weight is 253 g/mol. The third kappa shape index (κ3) is 3.04. The molecule has 1 unspecified atom stereocenters. The van der Waals surface area contributed by atoms with Crippen LogP contribution in [0.25, 0.3) is 0 Å². The van der Waals surface area contributed by atoms with E-state index in [9.17, 15) is 4.79 Å². The molecule has 2 rings (SSSR count). The van der Waals surface area contributed by atoms with Gasteiger partial charge in [-0.1, -0.05) is 13.8 Å². The van der Waals surface area contributed by atoms with Crippen molar-refractivity contribution >= 4 is 5.91 Å². The third-order valence-electron chi connectivity index (χ3n) is 4.50. The van der Waals surface area contributed by atoms with Gasteiger partial charge >= 0.3 is 0 Å². The summed E-state index contributed by atoms with van der Waals surface area (Å²) in [6, 6.07) is 0. The third-order valence-corrected chi connectivity index (χ3v) is 4.50. The summed E-state index contributed by atoms with van der Waals surface area (Å²) in [5.41, 5.74) is -0.224. The van der Waals surface area contributed by atoms with Crippen LogP contribution in [0.2, 0.25) is 0 Å². The molecule has 1 atom stereocenters. The molecule has 104 valence electrons. The van der Waals surface area contributed by atoms with Crippen molar-refractivity contribution in [3.63, 3.8) is 0 Å². The molecule has 0 aromatic heterocycles. The van der Waals surface area contributed by atoms with Gasteiger partial charge in [0.2, 0.25) is 5.91 Å². The smallest absolute Gasteiger partial charge is 0.228 e. The largest absolute Gasteiger partial charge is 0.341 e. The van der Waals surface area contributed by atoms with Gasteiger partial charge in [-0.25, -0.2) is 0 Å². The second kappa shape index (κ2) is 6.02. The van der Waals surface area contributed by atoms with Crippen molar-refractivity contribution in [3.8, 4) is 0 Å². The minimum absolute atomic E-state index is 0.224. The number of hydrogen-bond donors (Lipinski definition) is 2. The summed E-state index contributed by atoms with van der Waals surface area (Å²) in [7, 11) is 0. The molecule has 2 fully saturated rings. The molecule has 0 bridgehead atoms. The summed E-state index contributed by atoms with van der Waals surface area (Å²) in [6.07, 6.45) is 3.45. The number of rotatable bonds is 2. The highest BCUT2D eigenvalue weighted by Crippen LogP contribution is 2.33. The van der Waals surface area contributed by atoms with Gasteiger partial charge in [0, 0.05) is 25.0 Å². The van der Waals surface area contributed by atoms with Crippen molar-refractivity contribution in [3.05, 3.63) is 0 Å². The molecule has 0 aromatic rings. The van der Waals surface area contributed by atoms with Crippen LogP contribution in [-0.4, -0.2) is 50.1 Å². The number of amides is 1. The summed E-state index contributed by atoms with van der Waals surface area (Å²) in [4.78, 5) is 14.8. The van der Waals surface area contributed by atoms with E-state index in [4.69, 9.17) is 0 Å². The molecule has 1 amide bonds. The molecule has 2 saturated heterocycles. The molecule has 0 radical (unpaired) electrons. The summed E-state index contributed by atoms with van der Waals surface area (Å²) >= 11 is 0. The first kappa shape index (κ1) is 13.8. The van der Waals surface area contributed by atoms with Gasteiger partial charge in [-0.15, -0.1) is 0 Å². The second-order valence-corrected chi connectivity index (χ2v) is 6.16. The standard InChI is InChI=1S/C14H27N3O/c1-14(2,12-5-3-6-16-11-12)13(18)17-9-4-7-15-8-10-17/h12,15-16H,3-11H2,1-2H3. The lowest BCUT2D eigenvalue weighted by atomic mass is 9.74. The summed E-state index contributed by atoms with van der Waals surface area (Å²) < 4.78 is 0. The summed E-state index contributed by atoms with van der Waals surface area (Å²) in [5, 5.41) is 6.78. The molecule has 2 N–H and O–H groups in total. The van der Waals surface area contributed by atoms with Gasteiger partial charge in [0.1, 0.15) is 0 Å². The molecule has 4 heteroatoms. The van der Waals surface area contributed by atoms with Crippen LogP contribution in [0.15, 0.2) is 0 Å². The first-order valence-corrected chi connectivity index (χ1v) is 7.33. The van der Waals surface area contributed by atoms with Crippen LogP contribution in [0, 0.1) is 11.3 Å². The highest BCUT2D eigenvalue weighted by Gasteiger charge is 2.39. The van der Waals surface area contributed by atoms with Crippen LogP contribution in [0.3, 0.4) is 0 Å². The van der Waals surface area contributed by atoms with Crippen molar-refractivity contribution in [2.45, 2.75) is 33.1 Å². The molecule has 18 heavy (non-hydrogen) atoms. The lowest BCUT2D eigenvalue weighted by Crippen LogP contribution is -2.49. The SMILES string of the molecule is CC(C)(C(=O)N1CCCNCC1)C1CCCNC1. The fourth-order valence-corrected chi connectivity index (χ4v) is 3.10. The zero-order valence-electron chi connectivity index (χ0n) is 11.8. The van der Waals surface area contributed by atoms with E-state index in [-0.39, 0.29) is 5.41 Å². The van der Waals surface area contributed by atoms with E-state index in [0.717, 1.165) is 45.7 Å². The molecular weight excluding hydrogens is 226 g/mol. The van der Waals surface area contributed by atoms with E-state index >= 15 is 0 Å². The topological polar surface area (TPSA) is 44.4 Å². The van der Waals surface area contributed by atoms with Crippen LogP contribution in [0.4, 0.5) is 0 Å². The Morgan fingerprint density at radius 1 is 1.11 bits per heavy atom. The maximum absolute atomic E-state index is 12.7. The number of nitrogens with one attached hydrogen (secondary N) is 2. The lowest BCUT2D eigenvalue weighted by molar-refractivity contribution is -0.143. The first-order chi connectivity index (χ1) is 8.62. The number of carbonyl (C=O) groups excluding carboxylic acids is 1. The van der Waals surface area contributed by atoms with E-state index in [0.29, 0.717) is 11.8 Å². The van der Waals surface area contributed by atoms with Crippen molar-refractivity contribution in [1.29, 1.82) is 0 Å². The Kier molecular flexibility index (Phi) is 4.62. The highest BCUT2D eigenvalue weighted by molar-refractivity contribution is 5.82. The molecule has 0 spiro atoms. The Labute approximate surface area is 110 Å². The van der Waals surface area contributed by atoms with Crippen LogP contribution >= 0.6 is 0 Å². The van der Waals surface area contributed by atoms with Gasteiger partial charge in [-0.2, -0.15) is 0 Å².